The number of hydrogen-bond donors (Lipinski definition) is 1. The van der Waals surface area contributed by atoms with E-state index in [0.717, 1.165) is 11.3 Å². The maximum absolute atomic E-state index is 10.9. The van der Waals surface area contributed by atoms with Crippen LogP contribution in [0, 0.1) is 12.5 Å². The van der Waals surface area contributed by atoms with E-state index in [-0.39, 0.29) is 5.91 Å². The van der Waals surface area contributed by atoms with Gasteiger partial charge in [0.25, 0.3) is 0 Å². The molecular formula is C9H7NO. The first-order chi connectivity index (χ1) is 5.36. The van der Waals surface area contributed by atoms with Crippen molar-refractivity contribution in [3.05, 3.63) is 36.2 Å². The molecule has 0 spiro atoms. The summed E-state index contributed by atoms with van der Waals surface area (Å²) in [4.78, 5) is 10.9. The lowest BCUT2D eigenvalue weighted by Gasteiger charge is -2.14. The molecule has 2 rings (SSSR count). The largest absolute Gasteiger partial charge is 0.326 e. The van der Waals surface area contributed by atoms with Crippen LogP contribution in [0.1, 0.15) is 12.0 Å². The number of rotatable bonds is 0. The number of fused-ring (bicyclic) bond motifs is 1. The van der Waals surface area contributed by atoms with Crippen molar-refractivity contribution in [3.63, 3.8) is 0 Å². The molecule has 0 fully saturated rings. The van der Waals surface area contributed by atoms with E-state index in [9.17, 15) is 4.79 Å². The van der Waals surface area contributed by atoms with Crippen LogP contribution in [0.15, 0.2) is 18.2 Å². The van der Waals surface area contributed by atoms with Gasteiger partial charge in [-0.2, -0.15) is 0 Å². The Morgan fingerprint density at radius 2 is 2.45 bits per heavy atom. The molecule has 0 aromatic heterocycles. The molecule has 0 saturated heterocycles. The molecule has 0 aliphatic carbocycles. The Labute approximate surface area is 65.2 Å². The molecule has 2 heteroatoms. The molecule has 0 bridgehead atoms. The lowest BCUT2D eigenvalue weighted by Crippen LogP contribution is -2.17. The topological polar surface area (TPSA) is 29.1 Å². The Morgan fingerprint density at radius 1 is 1.55 bits per heavy atom. The fraction of sp³-hybridized carbons (Fsp3) is 0.111. The smallest absolute Gasteiger partial charge is 0.225 e. The zero-order chi connectivity index (χ0) is 7.68. The summed E-state index contributed by atoms with van der Waals surface area (Å²) in [6, 6.07) is 8.47. The van der Waals surface area contributed by atoms with Gasteiger partial charge < -0.3 is 5.32 Å². The zero-order valence-electron chi connectivity index (χ0n) is 5.92. The van der Waals surface area contributed by atoms with E-state index in [1.807, 2.05) is 18.6 Å². The summed E-state index contributed by atoms with van der Waals surface area (Å²) in [5.74, 6) is 0.0529. The highest BCUT2D eigenvalue weighted by atomic mass is 16.1. The Kier molecular flexibility index (Phi) is 1.39. The van der Waals surface area contributed by atoms with Gasteiger partial charge in [0.1, 0.15) is 0 Å². The first kappa shape index (κ1) is 6.40. The third kappa shape index (κ3) is 1.11. The Bertz CT molecular complexity index is 293. The monoisotopic (exact) mass is 145 g/mol. The second kappa shape index (κ2) is 2.38. The zero-order valence-corrected chi connectivity index (χ0v) is 5.92. The number of amides is 1. The van der Waals surface area contributed by atoms with Gasteiger partial charge >= 0.3 is 0 Å². The summed E-state index contributed by atoms with van der Waals surface area (Å²) in [5, 5.41) is 2.76. The number of carbonyl (C=O) groups is 1. The van der Waals surface area contributed by atoms with Crippen molar-refractivity contribution in [3.8, 4) is 0 Å². The molecule has 11 heavy (non-hydrogen) atoms. The van der Waals surface area contributed by atoms with Crippen molar-refractivity contribution in [1.82, 2.24) is 0 Å². The van der Waals surface area contributed by atoms with Crippen LogP contribution < -0.4 is 5.32 Å². The van der Waals surface area contributed by atoms with E-state index in [4.69, 9.17) is 0 Å². The Balaban J connectivity index is 2.41. The minimum absolute atomic E-state index is 0.0529. The highest BCUT2D eigenvalue weighted by Crippen LogP contribution is 2.22. The molecule has 1 aromatic rings. The van der Waals surface area contributed by atoms with Crippen LogP contribution in [0.2, 0.25) is 0 Å². The SMILES string of the molecule is O=C1C[CH]c2cc[c]cc2N1. The van der Waals surface area contributed by atoms with Gasteiger partial charge in [0, 0.05) is 18.5 Å². The van der Waals surface area contributed by atoms with Crippen LogP contribution in [0.5, 0.6) is 0 Å². The Hall–Kier alpha value is -1.31. The van der Waals surface area contributed by atoms with Crippen molar-refractivity contribution < 1.29 is 4.79 Å². The summed E-state index contributed by atoms with van der Waals surface area (Å²) in [6.45, 7) is 0. The fourth-order valence-electron chi connectivity index (χ4n) is 1.13. The Morgan fingerprint density at radius 3 is 3.36 bits per heavy atom. The molecule has 1 aromatic carbocycles. The fourth-order valence-corrected chi connectivity index (χ4v) is 1.13. The first-order valence-electron chi connectivity index (χ1n) is 3.49. The molecule has 2 radical (unpaired) electrons. The van der Waals surface area contributed by atoms with E-state index in [1.165, 1.54) is 0 Å². The maximum atomic E-state index is 10.9. The van der Waals surface area contributed by atoms with Crippen LogP contribution in [-0.2, 0) is 4.79 Å². The number of benzene rings is 1. The molecular weight excluding hydrogens is 138 g/mol. The van der Waals surface area contributed by atoms with E-state index in [1.54, 1.807) is 6.07 Å². The van der Waals surface area contributed by atoms with E-state index >= 15 is 0 Å². The number of anilines is 1. The first-order valence-corrected chi connectivity index (χ1v) is 3.49. The lowest BCUT2D eigenvalue weighted by atomic mass is 10.0. The summed E-state index contributed by atoms with van der Waals surface area (Å²) < 4.78 is 0. The molecule has 1 amide bonds. The van der Waals surface area contributed by atoms with E-state index in [0.29, 0.717) is 6.42 Å². The second-order valence-electron chi connectivity index (χ2n) is 2.47. The van der Waals surface area contributed by atoms with Gasteiger partial charge in [-0.1, -0.05) is 12.1 Å². The van der Waals surface area contributed by atoms with Gasteiger partial charge in [0.05, 0.1) is 0 Å². The van der Waals surface area contributed by atoms with Crippen LogP contribution >= 0.6 is 0 Å². The van der Waals surface area contributed by atoms with Crippen LogP contribution in [0.25, 0.3) is 0 Å². The van der Waals surface area contributed by atoms with Crippen LogP contribution in [0.3, 0.4) is 0 Å². The van der Waals surface area contributed by atoms with Crippen molar-refractivity contribution in [1.29, 1.82) is 0 Å². The van der Waals surface area contributed by atoms with Crippen molar-refractivity contribution in [2.45, 2.75) is 6.42 Å². The molecule has 1 heterocycles. The van der Waals surface area contributed by atoms with Gasteiger partial charge in [0.2, 0.25) is 5.91 Å². The third-order valence-electron chi connectivity index (χ3n) is 1.68. The van der Waals surface area contributed by atoms with Gasteiger partial charge in [-0.25, -0.2) is 0 Å². The summed E-state index contributed by atoms with van der Waals surface area (Å²) in [5.41, 5.74) is 1.95. The van der Waals surface area contributed by atoms with Crippen molar-refractivity contribution >= 4 is 11.6 Å². The normalized spacial score (nSPS) is 15.5. The van der Waals surface area contributed by atoms with E-state index in [2.05, 4.69) is 11.4 Å². The predicted molar refractivity (Wildman–Crippen MR) is 41.9 cm³/mol. The highest BCUT2D eigenvalue weighted by molar-refractivity contribution is 5.95. The molecule has 0 atom stereocenters. The van der Waals surface area contributed by atoms with Gasteiger partial charge in [-0.05, 0) is 17.7 Å². The minimum atomic E-state index is 0.0529. The molecule has 1 aliphatic rings. The van der Waals surface area contributed by atoms with Crippen molar-refractivity contribution in [2.75, 3.05) is 5.32 Å². The number of carbonyl (C=O) groups excluding carboxylic acids is 1. The highest BCUT2D eigenvalue weighted by Gasteiger charge is 2.12. The van der Waals surface area contributed by atoms with Gasteiger partial charge in [-0.3, -0.25) is 4.79 Å². The third-order valence-corrected chi connectivity index (χ3v) is 1.68. The van der Waals surface area contributed by atoms with Crippen molar-refractivity contribution in [2.24, 2.45) is 0 Å². The van der Waals surface area contributed by atoms with Crippen LogP contribution in [-0.4, -0.2) is 5.91 Å². The minimum Gasteiger partial charge on any atom is -0.326 e. The van der Waals surface area contributed by atoms with E-state index < -0.39 is 0 Å². The quantitative estimate of drug-likeness (QED) is 0.587. The molecule has 0 unspecified atom stereocenters. The molecule has 1 N–H and O–H groups in total. The standard InChI is InChI=1S/C9H7NO/c11-9-6-5-7-3-1-2-4-8(7)10-9/h1,3-5H,6H2,(H,10,11). The maximum Gasteiger partial charge on any atom is 0.225 e. The average molecular weight is 145 g/mol. The average Bonchev–Trinajstić information content (AvgIpc) is 2.04. The molecule has 2 nitrogen and oxygen atoms in total. The molecule has 54 valence electrons. The molecule has 1 aliphatic heterocycles. The number of nitrogens with one attached hydrogen (secondary N) is 1. The van der Waals surface area contributed by atoms with Crippen LogP contribution in [0.4, 0.5) is 5.69 Å². The number of hydrogen-bond acceptors (Lipinski definition) is 1. The predicted octanol–water partition coefficient (Wildman–Crippen LogP) is 1.38. The van der Waals surface area contributed by atoms with Gasteiger partial charge in [-0.15, -0.1) is 0 Å². The van der Waals surface area contributed by atoms with Gasteiger partial charge in [0.15, 0.2) is 0 Å². The lowest BCUT2D eigenvalue weighted by molar-refractivity contribution is -0.115. The summed E-state index contributed by atoms with van der Waals surface area (Å²) in [7, 11) is 0. The summed E-state index contributed by atoms with van der Waals surface area (Å²) in [6.07, 6.45) is 2.40. The molecule has 0 saturated carbocycles. The summed E-state index contributed by atoms with van der Waals surface area (Å²) >= 11 is 0. The second-order valence-corrected chi connectivity index (χ2v) is 2.47.